The Labute approximate surface area is 127 Å². The summed E-state index contributed by atoms with van der Waals surface area (Å²) in [6.07, 6.45) is 7.88. The van der Waals surface area contributed by atoms with Crippen molar-refractivity contribution >= 4 is 15.9 Å². The van der Waals surface area contributed by atoms with E-state index < -0.39 is 0 Å². The molecular weight excluding hydrogens is 298 g/mol. The first-order chi connectivity index (χ1) is 9.29. The molecule has 19 heavy (non-hydrogen) atoms. The zero-order chi connectivity index (χ0) is 13.9. The lowest BCUT2D eigenvalue weighted by molar-refractivity contribution is 0.512. The number of hydrogen-bond donors (Lipinski definition) is 1. The second-order valence-corrected chi connectivity index (χ2v) is 6.13. The zero-order valence-corrected chi connectivity index (χ0v) is 14.0. The average Bonchev–Trinajstić information content (AvgIpc) is 2.42. The van der Waals surface area contributed by atoms with Gasteiger partial charge in [-0.05, 0) is 36.9 Å². The molecule has 0 saturated heterocycles. The molecule has 0 aliphatic heterocycles. The smallest absolute Gasteiger partial charge is 0.0210 e. The van der Waals surface area contributed by atoms with Gasteiger partial charge in [0.25, 0.3) is 0 Å². The molecule has 1 atom stereocenters. The summed E-state index contributed by atoms with van der Waals surface area (Å²) in [5.41, 5.74) is 1.46. The monoisotopic (exact) mass is 325 g/mol. The summed E-state index contributed by atoms with van der Waals surface area (Å²) in [6.45, 7) is 6.72. The summed E-state index contributed by atoms with van der Waals surface area (Å²) in [7, 11) is 0. The van der Waals surface area contributed by atoms with E-state index in [0.717, 1.165) is 13.1 Å². The predicted octanol–water partition coefficient (Wildman–Crippen LogP) is 5.50. The first-order valence-electron chi connectivity index (χ1n) is 7.74. The van der Waals surface area contributed by atoms with E-state index >= 15 is 0 Å². The lowest BCUT2D eigenvalue weighted by atomic mass is 9.93. The molecule has 2 heteroatoms. The Balaban J connectivity index is 2.55. The molecule has 0 radical (unpaired) electrons. The number of nitrogens with one attached hydrogen (secondary N) is 1. The second kappa shape index (κ2) is 10.4. The molecule has 0 aliphatic rings. The van der Waals surface area contributed by atoms with Crippen LogP contribution in [0.25, 0.3) is 0 Å². The topological polar surface area (TPSA) is 12.0 Å². The number of hydrogen-bond acceptors (Lipinski definition) is 1. The molecule has 1 aromatic rings. The van der Waals surface area contributed by atoms with Crippen molar-refractivity contribution in [3.05, 3.63) is 34.3 Å². The zero-order valence-electron chi connectivity index (χ0n) is 12.4. The van der Waals surface area contributed by atoms with E-state index in [2.05, 4.69) is 59.4 Å². The van der Waals surface area contributed by atoms with E-state index in [4.69, 9.17) is 0 Å². The van der Waals surface area contributed by atoms with Crippen LogP contribution < -0.4 is 5.32 Å². The average molecular weight is 326 g/mol. The fourth-order valence-electron chi connectivity index (χ4n) is 2.44. The molecule has 1 N–H and O–H groups in total. The minimum atomic E-state index is 0.638. The van der Waals surface area contributed by atoms with Gasteiger partial charge in [0.2, 0.25) is 0 Å². The molecule has 0 aromatic heterocycles. The van der Waals surface area contributed by atoms with Crippen molar-refractivity contribution in [2.45, 2.75) is 58.3 Å². The Morgan fingerprint density at radius 3 is 2.53 bits per heavy atom. The molecule has 0 amide bonds. The summed E-state index contributed by atoms with van der Waals surface area (Å²) in [4.78, 5) is 0. The fraction of sp³-hybridized carbons (Fsp3) is 0.647. The third-order valence-corrected chi connectivity index (χ3v) is 4.29. The van der Waals surface area contributed by atoms with Gasteiger partial charge in [-0.3, -0.25) is 0 Å². The van der Waals surface area contributed by atoms with Crippen molar-refractivity contribution in [2.24, 2.45) is 0 Å². The van der Waals surface area contributed by atoms with Gasteiger partial charge in [0, 0.05) is 11.0 Å². The minimum absolute atomic E-state index is 0.638. The van der Waals surface area contributed by atoms with Gasteiger partial charge in [0.1, 0.15) is 0 Å². The van der Waals surface area contributed by atoms with Crippen LogP contribution in [0, 0.1) is 0 Å². The SMILES string of the molecule is CCCCCCC(CNCCC)c1ccccc1Br. The molecule has 1 nitrogen and oxygen atoms in total. The Morgan fingerprint density at radius 1 is 1.05 bits per heavy atom. The molecule has 0 fully saturated rings. The normalized spacial score (nSPS) is 12.6. The van der Waals surface area contributed by atoms with E-state index in [9.17, 15) is 0 Å². The van der Waals surface area contributed by atoms with Gasteiger partial charge in [-0.1, -0.05) is 73.7 Å². The van der Waals surface area contributed by atoms with Gasteiger partial charge in [0.15, 0.2) is 0 Å². The Kier molecular flexibility index (Phi) is 9.19. The van der Waals surface area contributed by atoms with Crippen molar-refractivity contribution in [1.82, 2.24) is 5.32 Å². The van der Waals surface area contributed by atoms with Crippen LogP contribution in [-0.4, -0.2) is 13.1 Å². The van der Waals surface area contributed by atoms with Gasteiger partial charge < -0.3 is 5.32 Å². The maximum Gasteiger partial charge on any atom is 0.0210 e. The van der Waals surface area contributed by atoms with Gasteiger partial charge in [0.05, 0.1) is 0 Å². The highest BCUT2D eigenvalue weighted by atomic mass is 79.9. The van der Waals surface area contributed by atoms with E-state index in [-0.39, 0.29) is 0 Å². The highest BCUT2D eigenvalue weighted by Crippen LogP contribution is 2.28. The van der Waals surface area contributed by atoms with Gasteiger partial charge in [-0.25, -0.2) is 0 Å². The summed E-state index contributed by atoms with van der Waals surface area (Å²) < 4.78 is 1.26. The maximum absolute atomic E-state index is 3.70. The van der Waals surface area contributed by atoms with Gasteiger partial charge in [-0.15, -0.1) is 0 Å². The van der Waals surface area contributed by atoms with Crippen LogP contribution in [0.2, 0.25) is 0 Å². The number of halogens is 1. The minimum Gasteiger partial charge on any atom is -0.316 e. The molecular formula is C17H28BrN. The van der Waals surface area contributed by atoms with Crippen LogP contribution in [-0.2, 0) is 0 Å². The van der Waals surface area contributed by atoms with Gasteiger partial charge in [-0.2, -0.15) is 0 Å². The molecule has 1 unspecified atom stereocenters. The predicted molar refractivity (Wildman–Crippen MR) is 88.8 cm³/mol. The van der Waals surface area contributed by atoms with Crippen molar-refractivity contribution in [1.29, 1.82) is 0 Å². The van der Waals surface area contributed by atoms with Crippen LogP contribution >= 0.6 is 15.9 Å². The largest absolute Gasteiger partial charge is 0.316 e. The summed E-state index contributed by atoms with van der Waals surface area (Å²) in [6, 6.07) is 8.68. The lowest BCUT2D eigenvalue weighted by Crippen LogP contribution is -2.22. The summed E-state index contributed by atoms with van der Waals surface area (Å²) in [5, 5.41) is 3.58. The van der Waals surface area contributed by atoms with E-state index in [0.29, 0.717) is 5.92 Å². The first kappa shape index (κ1) is 16.7. The number of benzene rings is 1. The van der Waals surface area contributed by atoms with E-state index in [1.165, 1.54) is 48.6 Å². The maximum atomic E-state index is 3.70. The highest BCUT2D eigenvalue weighted by molar-refractivity contribution is 9.10. The molecule has 0 heterocycles. The molecule has 0 aliphatic carbocycles. The van der Waals surface area contributed by atoms with Crippen molar-refractivity contribution in [3.8, 4) is 0 Å². The molecule has 0 spiro atoms. The van der Waals surface area contributed by atoms with Crippen LogP contribution in [0.5, 0.6) is 0 Å². The van der Waals surface area contributed by atoms with Crippen LogP contribution in [0.3, 0.4) is 0 Å². The molecule has 0 saturated carbocycles. The lowest BCUT2D eigenvalue weighted by Gasteiger charge is -2.19. The summed E-state index contributed by atoms with van der Waals surface area (Å²) >= 11 is 3.70. The number of rotatable bonds is 10. The third-order valence-electron chi connectivity index (χ3n) is 3.57. The van der Waals surface area contributed by atoms with Crippen molar-refractivity contribution in [2.75, 3.05) is 13.1 Å². The highest BCUT2D eigenvalue weighted by Gasteiger charge is 2.13. The fourth-order valence-corrected chi connectivity index (χ4v) is 3.05. The molecule has 1 aromatic carbocycles. The Hall–Kier alpha value is -0.340. The van der Waals surface area contributed by atoms with Crippen LogP contribution in [0.1, 0.15) is 63.9 Å². The number of unbranched alkanes of at least 4 members (excludes halogenated alkanes) is 3. The van der Waals surface area contributed by atoms with Crippen LogP contribution in [0.15, 0.2) is 28.7 Å². The Morgan fingerprint density at radius 2 is 1.84 bits per heavy atom. The molecule has 1 rings (SSSR count). The summed E-state index contributed by atoms with van der Waals surface area (Å²) in [5.74, 6) is 0.638. The third kappa shape index (κ3) is 6.58. The van der Waals surface area contributed by atoms with Gasteiger partial charge >= 0.3 is 0 Å². The molecule has 0 bridgehead atoms. The Bertz CT molecular complexity index is 338. The van der Waals surface area contributed by atoms with Crippen LogP contribution in [0.4, 0.5) is 0 Å². The van der Waals surface area contributed by atoms with Crippen molar-refractivity contribution < 1.29 is 0 Å². The molecule has 108 valence electrons. The van der Waals surface area contributed by atoms with E-state index in [1.54, 1.807) is 0 Å². The standard InChI is InChI=1S/C17H28BrN/c1-3-5-6-7-10-15(14-19-13-4-2)16-11-8-9-12-17(16)18/h8-9,11-12,15,19H,3-7,10,13-14H2,1-2H3. The quantitative estimate of drug-likeness (QED) is 0.560. The first-order valence-corrected chi connectivity index (χ1v) is 8.54. The second-order valence-electron chi connectivity index (χ2n) is 5.27. The van der Waals surface area contributed by atoms with E-state index in [1.807, 2.05) is 0 Å². The van der Waals surface area contributed by atoms with Crippen molar-refractivity contribution in [3.63, 3.8) is 0 Å².